The lowest BCUT2D eigenvalue weighted by atomic mass is 10.2. The van der Waals surface area contributed by atoms with Gasteiger partial charge in [0, 0.05) is 12.6 Å². The number of hydrogen-bond donors (Lipinski definition) is 3. The molecule has 1 aromatic rings. The smallest absolute Gasteiger partial charge is 0.338 e. The molecule has 0 spiro atoms. The van der Waals surface area contributed by atoms with E-state index in [1.807, 2.05) is 0 Å². The number of likely N-dealkylation sites (N-methyl/N-ethyl adjacent to an activating group) is 1. The Bertz CT molecular complexity index is 489. The van der Waals surface area contributed by atoms with Crippen LogP contribution in [0.1, 0.15) is 30.1 Å². The van der Waals surface area contributed by atoms with Crippen LogP contribution in [0.5, 0.6) is 0 Å². The molecule has 1 fully saturated rings. The number of nitrogens with zero attached hydrogens (tertiary/aromatic N) is 1. The molecule has 0 saturated carbocycles. The van der Waals surface area contributed by atoms with Gasteiger partial charge in [-0.25, -0.2) is 9.59 Å². The summed E-state index contributed by atoms with van der Waals surface area (Å²) < 4.78 is 0. The number of amides is 2. The minimum atomic E-state index is -1.03. The van der Waals surface area contributed by atoms with Crippen molar-refractivity contribution in [2.24, 2.45) is 0 Å². The first-order valence-corrected chi connectivity index (χ1v) is 7.59. The Kier molecular flexibility index (Phi) is 4.97. The first-order chi connectivity index (χ1) is 9.61. The van der Waals surface area contributed by atoms with E-state index in [-0.39, 0.29) is 11.6 Å². The largest absolute Gasteiger partial charge is 0.478 e. The molecule has 7 heteroatoms. The van der Waals surface area contributed by atoms with Crippen LogP contribution >= 0.6 is 11.3 Å². The molecule has 2 rings (SSSR count). The number of aromatic carboxylic acids is 1. The molecule has 0 bridgehead atoms. The monoisotopic (exact) mass is 297 g/mol. The topological polar surface area (TPSA) is 81.7 Å². The minimum Gasteiger partial charge on any atom is -0.478 e. The van der Waals surface area contributed by atoms with Crippen LogP contribution in [-0.2, 0) is 0 Å². The van der Waals surface area contributed by atoms with Gasteiger partial charge in [0.25, 0.3) is 0 Å². The summed E-state index contributed by atoms with van der Waals surface area (Å²) in [6, 6.07) is 1.52. The fraction of sp³-hybridized carbons (Fsp3) is 0.538. The highest BCUT2D eigenvalue weighted by atomic mass is 32.1. The minimum absolute atomic E-state index is 0.126. The lowest BCUT2D eigenvalue weighted by Gasteiger charge is -2.22. The Morgan fingerprint density at radius 1 is 1.55 bits per heavy atom. The molecular weight excluding hydrogens is 278 g/mol. The van der Waals surface area contributed by atoms with E-state index in [9.17, 15) is 9.59 Å². The van der Waals surface area contributed by atoms with Gasteiger partial charge in [0.1, 0.15) is 5.00 Å². The van der Waals surface area contributed by atoms with Crippen LogP contribution in [-0.4, -0.2) is 47.7 Å². The quantitative estimate of drug-likeness (QED) is 0.777. The highest BCUT2D eigenvalue weighted by molar-refractivity contribution is 7.14. The van der Waals surface area contributed by atoms with E-state index in [1.165, 1.54) is 17.4 Å². The number of urea groups is 1. The van der Waals surface area contributed by atoms with Crippen molar-refractivity contribution in [2.45, 2.75) is 25.8 Å². The molecule has 0 radical (unpaired) electrons. The summed E-state index contributed by atoms with van der Waals surface area (Å²) in [4.78, 5) is 25.1. The molecule has 1 aliphatic rings. The van der Waals surface area contributed by atoms with Gasteiger partial charge in [-0.05, 0) is 37.4 Å². The predicted molar refractivity (Wildman–Crippen MR) is 78.6 cm³/mol. The van der Waals surface area contributed by atoms with Gasteiger partial charge in [-0.2, -0.15) is 0 Å². The molecule has 0 aliphatic carbocycles. The Hall–Kier alpha value is -1.60. The summed E-state index contributed by atoms with van der Waals surface area (Å²) in [5.41, 5.74) is 0.126. The molecule has 1 aliphatic heterocycles. The lowest BCUT2D eigenvalue weighted by Crippen LogP contribution is -2.41. The van der Waals surface area contributed by atoms with Crippen molar-refractivity contribution < 1.29 is 14.7 Å². The summed E-state index contributed by atoms with van der Waals surface area (Å²) in [6.07, 6.45) is 2.25. The van der Waals surface area contributed by atoms with Crippen LogP contribution in [0.4, 0.5) is 9.80 Å². The molecule has 1 atom stereocenters. The molecule has 2 amide bonds. The van der Waals surface area contributed by atoms with Gasteiger partial charge in [0.2, 0.25) is 0 Å². The Morgan fingerprint density at radius 3 is 3.05 bits per heavy atom. The van der Waals surface area contributed by atoms with E-state index >= 15 is 0 Å². The van der Waals surface area contributed by atoms with Crippen molar-refractivity contribution in [1.29, 1.82) is 0 Å². The predicted octanol–water partition coefficient (Wildman–Crippen LogP) is 2.05. The second-order valence-corrected chi connectivity index (χ2v) is 5.64. The van der Waals surface area contributed by atoms with Crippen molar-refractivity contribution >= 4 is 28.3 Å². The van der Waals surface area contributed by atoms with Crippen molar-refractivity contribution in [3.8, 4) is 0 Å². The standard InChI is InChI=1S/C13H19N3O3S/c1-2-16-6-3-4-9(16)8-14-13(19)15-11-10(12(17)18)5-7-20-11/h5,7,9H,2-4,6,8H2,1H3,(H,17,18)(H2,14,15,19). The highest BCUT2D eigenvalue weighted by Crippen LogP contribution is 2.23. The third-order valence-electron chi connectivity index (χ3n) is 3.53. The maximum absolute atomic E-state index is 11.8. The van der Waals surface area contributed by atoms with E-state index in [0.717, 1.165) is 25.9 Å². The maximum atomic E-state index is 11.8. The van der Waals surface area contributed by atoms with Gasteiger partial charge in [-0.1, -0.05) is 6.92 Å². The number of carboxylic acids is 1. The Morgan fingerprint density at radius 2 is 2.35 bits per heavy atom. The molecule has 1 aromatic heterocycles. The number of nitrogens with one attached hydrogen (secondary N) is 2. The number of rotatable bonds is 5. The van der Waals surface area contributed by atoms with E-state index < -0.39 is 5.97 Å². The highest BCUT2D eigenvalue weighted by Gasteiger charge is 2.23. The molecule has 110 valence electrons. The van der Waals surface area contributed by atoms with Crippen LogP contribution in [0.15, 0.2) is 11.4 Å². The SMILES string of the molecule is CCN1CCCC1CNC(=O)Nc1sccc1C(=O)O. The van der Waals surface area contributed by atoms with E-state index in [1.54, 1.807) is 5.38 Å². The zero-order valence-corrected chi connectivity index (χ0v) is 12.2. The second kappa shape index (κ2) is 6.71. The average molecular weight is 297 g/mol. The lowest BCUT2D eigenvalue weighted by molar-refractivity contribution is 0.0698. The van der Waals surface area contributed by atoms with E-state index in [4.69, 9.17) is 5.11 Å². The van der Waals surface area contributed by atoms with Crippen LogP contribution in [0, 0.1) is 0 Å². The number of anilines is 1. The summed E-state index contributed by atoms with van der Waals surface area (Å²) >= 11 is 1.21. The van der Waals surface area contributed by atoms with Gasteiger partial charge >= 0.3 is 12.0 Å². The molecular formula is C13H19N3O3S. The van der Waals surface area contributed by atoms with Crippen LogP contribution in [0.2, 0.25) is 0 Å². The normalized spacial score (nSPS) is 18.9. The molecule has 1 unspecified atom stereocenters. The van der Waals surface area contributed by atoms with Crippen LogP contribution in [0.3, 0.4) is 0 Å². The fourth-order valence-corrected chi connectivity index (χ4v) is 3.25. The molecule has 1 saturated heterocycles. The van der Waals surface area contributed by atoms with Crippen molar-refractivity contribution in [1.82, 2.24) is 10.2 Å². The number of carbonyl (C=O) groups is 2. The summed E-state index contributed by atoms with van der Waals surface area (Å²) in [5, 5.41) is 16.4. The van der Waals surface area contributed by atoms with Crippen molar-refractivity contribution in [2.75, 3.05) is 25.0 Å². The van der Waals surface area contributed by atoms with Gasteiger partial charge in [0.15, 0.2) is 0 Å². The second-order valence-electron chi connectivity index (χ2n) is 4.73. The van der Waals surface area contributed by atoms with Crippen LogP contribution < -0.4 is 10.6 Å². The number of carboxylic acid groups (broad SMARTS) is 1. The van der Waals surface area contributed by atoms with Gasteiger partial charge in [0.05, 0.1) is 5.56 Å². The van der Waals surface area contributed by atoms with E-state index in [0.29, 0.717) is 17.6 Å². The van der Waals surface area contributed by atoms with Gasteiger partial charge < -0.3 is 10.4 Å². The van der Waals surface area contributed by atoms with Gasteiger partial charge in [-0.15, -0.1) is 11.3 Å². The van der Waals surface area contributed by atoms with Gasteiger partial charge in [-0.3, -0.25) is 10.2 Å². The fourth-order valence-electron chi connectivity index (χ4n) is 2.47. The first kappa shape index (κ1) is 14.8. The Labute approximate surface area is 121 Å². The van der Waals surface area contributed by atoms with E-state index in [2.05, 4.69) is 22.5 Å². The third kappa shape index (κ3) is 3.49. The molecule has 20 heavy (non-hydrogen) atoms. The number of thiophene rings is 1. The zero-order valence-electron chi connectivity index (χ0n) is 11.4. The summed E-state index contributed by atoms with van der Waals surface area (Å²) in [7, 11) is 0. The number of hydrogen-bond acceptors (Lipinski definition) is 4. The zero-order chi connectivity index (χ0) is 14.5. The summed E-state index contributed by atoms with van der Waals surface area (Å²) in [5.74, 6) is -1.03. The Balaban J connectivity index is 1.83. The van der Waals surface area contributed by atoms with Crippen LogP contribution in [0.25, 0.3) is 0 Å². The third-order valence-corrected chi connectivity index (χ3v) is 4.36. The molecule has 0 aromatic carbocycles. The first-order valence-electron chi connectivity index (χ1n) is 6.71. The average Bonchev–Trinajstić information content (AvgIpc) is 3.04. The number of likely N-dealkylation sites (tertiary alicyclic amines) is 1. The van der Waals surface area contributed by atoms with Crippen molar-refractivity contribution in [3.63, 3.8) is 0 Å². The molecule has 3 N–H and O–H groups in total. The number of carbonyl (C=O) groups excluding carboxylic acids is 1. The maximum Gasteiger partial charge on any atom is 0.338 e. The van der Waals surface area contributed by atoms with Crippen molar-refractivity contribution in [3.05, 3.63) is 17.0 Å². The molecule has 6 nitrogen and oxygen atoms in total. The molecule has 2 heterocycles. The summed E-state index contributed by atoms with van der Waals surface area (Å²) in [6.45, 7) is 4.78.